The van der Waals surface area contributed by atoms with E-state index < -0.39 is 0 Å². The summed E-state index contributed by atoms with van der Waals surface area (Å²) in [6.45, 7) is 0.416. The number of para-hydroxylation sites is 1. The molecule has 154 valence electrons. The molecular formula is C25H21N3O3. The zero-order valence-electron chi connectivity index (χ0n) is 17.0. The number of nitrogens with one attached hydrogen (secondary N) is 1. The van der Waals surface area contributed by atoms with Crippen LogP contribution in [0.25, 0.3) is 11.4 Å². The van der Waals surface area contributed by atoms with Crippen molar-refractivity contribution in [3.05, 3.63) is 102 Å². The van der Waals surface area contributed by atoms with Gasteiger partial charge in [-0.2, -0.15) is 4.98 Å². The van der Waals surface area contributed by atoms with Gasteiger partial charge in [0.25, 0.3) is 5.91 Å². The highest BCUT2D eigenvalue weighted by Gasteiger charge is 2.09. The second-order valence-electron chi connectivity index (χ2n) is 6.75. The van der Waals surface area contributed by atoms with E-state index in [2.05, 4.69) is 15.3 Å². The highest BCUT2D eigenvalue weighted by atomic mass is 16.5. The van der Waals surface area contributed by atoms with Crippen LogP contribution in [0.3, 0.4) is 0 Å². The van der Waals surface area contributed by atoms with E-state index in [9.17, 15) is 4.79 Å². The maximum Gasteiger partial charge on any atom is 0.251 e. The van der Waals surface area contributed by atoms with Crippen molar-refractivity contribution in [2.75, 3.05) is 7.11 Å². The molecule has 0 atom stereocenters. The quantitative estimate of drug-likeness (QED) is 0.469. The highest BCUT2D eigenvalue weighted by Crippen LogP contribution is 2.22. The van der Waals surface area contributed by atoms with Crippen molar-refractivity contribution in [3.63, 3.8) is 0 Å². The minimum atomic E-state index is -0.156. The molecule has 4 rings (SSSR count). The first-order valence-electron chi connectivity index (χ1n) is 9.79. The number of benzene rings is 3. The second-order valence-corrected chi connectivity index (χ2v) is 6.75. The minimum absolute atomic E-state index is 0.156. The summed E-state index contributed by atoms with van der Waals surface area (Å²) in [6, 6.07) is 25.9. The van der Waals surface area contributed by atoms with Gasteiger partial charge >= 0.3 is 0 Å². The standard InChI is InChI=1S/C25H21N3O3/c1-30-22-9-5-6-18(16-22)17-27-25(29)20-12-10-19(11-13-20)24-26-15-14-23(28-24)31-21-7-3-2-4-8-21/h2-16H,17H2,1H3,(H,27,29). The predicted octanol–water partition coefficient (Wildman–Crippen LogP) is 4.87. The van der Waals surface area contributed by atoms with Crippen molar-refractivity contribution in [1.82, 2.24) is 15.3 Å². The molecule has 31 heavy (non-hydrogen) atoms. The summed E-state index contributed by atoms with van der Waals surface area (Å²) < 4.78 is 11.0. The van der Waals surface area contributed by atoms with Gasteiger partial charge in [0.2, 0.25) is 5.88 Å². The number of ether oxygens (including phenoxy) is 2. The molecule has 1 amide bonds. The zero-order chi connectivity index (χ0) is 21.5. The number of amides is 1. The van der Waals surface area contributed by atoms with Crippen molar-refractivity contribution < 1.29 is 14.3 Å². The largest absolute Gasteiger partial charge is 0.497 e. The highest BCUT2D eigenvalue weighted by molar-refractivity contribution is 5.94. The van der Waals surface area contributed by atoms with Gasteiger partial charge in [-0.25, -0.2) is 4.98 Å². The summed E-state index contributed by atoms with van der Waals surface area (Å²) in [7, 11) is 1.62. The Bertz CT molecular complexity index is 1160. The molecule has 0 spiro atoms. The Hall–Kier alpha value is -4.19. The number of rotatable bonds is 7. The summed E-state index contributed by atoms with van der Waals surface area (Å²) in [5.41, 5.74) is 2.32. The summed E-state index contributed by atoms with van der Waals surface area (Å²) in [6.07, 6.45) is 1.65. The van der Waals surface area contributed by atoms with Crippen LogP contribution in [0.15, 0.2) is 91.1 Å². The molecule has 0 bridgehead atoms. The molecule has 1 N–H and O–H groups in total. The lowest BCUT2D eigenvalue weighted by Crippen LogP contribution is -2.22. The fourth-order valence-electron chi connectivity index (χ4n) is 2.98. The van der Waals surface area contributed by atoms with E-state index in [4.69, 9.17) is 9.47 Å². The third kappa shape index (κ3) is 5.25. The fourth-order valence-corrected chi connectivity index (χ4v) is 2.98. The van der Waals surface area contributed by atoms with Gasteiger partial charge in [0, 0.05) is 29.9 Å². The van der Waals surface area contributed by atoms with E-state index in [1.54, 1.807) is 31.5 Å². The molecule has 6 heteroatoms. The Labute approximate surface area is 180 Å². The average molecular weight is 411 g/mol. The molecule has 0 aliphatic carbocycles. The van der Waals surface area contributed by atoms with Gasteiger partial charge in [0.1, 0.15) is 11.5 Å². The average Bonchev–Trinajstić information content (AvgIpc) is 2.83. The Kier molecular flexibility index (Phi) is 6.18. The van der Waals surface area contributed by atoms with Crippen molar-refractivity contribution in [1.29, 1.82) is 0 Å². The number of hydrogen-bond acceptors (Lipinski definition) is 5. The van der Waals surface area contributed by atoms with Gasteiger partial charge in [0.15, 0.2) is 5.82 Å². The molecule has 0 unspecified atom stereocenters. The van der Waals surface area contributed by atoms with E-state index in [1.807, 2.05) is 66.7 Å². The Morgan fingerprint density at radius 2 is 1.68 bits per heavy atom. The molecule has 0 aliphatic rings. The van der Waals surface area contributed by atoms with Gasteiger partial charge in [-0.15, -0.1) is 0 Å². The van der Waals surface area contributed by atoms with Gasteiger partial charge < -0.3 is 14.8 Å². The number of hydrogen-bond donors (Lipinski definition) is 1. The number of carbonyl (C=O) groups excluding carboxylic acids is 1. The van der Waals surface area contributed by atoms with Crippen molar-refractivity contribution in [2.45, 2.75) is 6.54 Å². The van der Waals surface area contributed by atoms with E-state index >= 15 is 0 Å². The molecule has 1 heterocycles. The van der Waals surface area contributed by atoms with E-state index in [-0.39, 0.29) is 5.91 Å². The van der Waals surface area contributed by atoms with Crippen LogP contribution in [0, 0.1) is 0 Å². The van der Waals surface area contributed by atoms with Gasteiger partial charge in [-0.3, -0.25) is 4.79 Å². The number of methoxy groups -OCH3 is 1. The lowest BCUT2D eigenvalue weighted by atomic mass is 10.1. The van der Waals surface area contributed by atoms with E-state index in [0.29, 0.717) is 29.6 Å². The molecule has 0 saturated heterocycles. The predicted molar refractivity (Wildman–Crippen MR) is 118 cm³/mol. The van der Waals surface area contributed by atoms with Gasteiger partial charge in [-0.05, 0) is 42.0 Å². The molecule has 1 aromatic heterocycles. The van der Waals surface area contributed by atoms with Crippen LogP contribution >= 0.6 is 0 Å². The Balaban J connectivity index is 1.41. The van der Waals surface area contributed by atoms with E-state index in [1.165, 1.54) is 0 Å². The second kappa shape index (κ2) is 9.54. The molecule has 4 aromatic rings. The molecule has 6 nitrogen and oxygen atoms in total. The maximum absolute atomic E-state index is 12.5. The van der Waals surface area contributed by atoms with Crippen molar-refractivity contribution in [2.24, 2.45) is 0 Å². The first kappa shape index (κ1) is 20.1. The summed E-state index contributed by atoms with van der Waals surface area (Å²) in [4.78, 5) is 21.3. The van der Waals surface area contributed by atoms with Gasteiger partial charge in [-0.1, -0.05) is 42.5 Å². The van der Waals surface area contributed by atoms with Crippen LogP contribution in [0.1, 0.15) is 15.9 Å². The topological polar surface area (TPSA) is 73.3 Å². The van der Waals surface area contributed by atoms with Crippen LogP contribution in [-0.2, 0) is 6.54 Å². The number of nitrogens with zero attached hydrogens (tertiary/aromatic N) is 2. The lowest BCUT2D eigenvalue weighted by molar-refractivity contribution is 0.0951. The third-order valence-electron chi connectivity index (χ3n) is 4.59. The smallest absolute Gasteiger partial charge is 0.251 e. The van der Waals surface area contributed by atoms with Crippen LogP contribution in [0.4, 0.5) is 0 Å². The number of aromatic nitrogens is 2. The molecule has 0 aliphatic heterocycles. The van der Waals surface area contributed by atoms with Crippen LogP contribution in [-0.4, -0.2) is 23.0 Å². The van der Waals surface area contributed by atoms with Crippen LogP contribution in [0.5, 0.6) is 17.4 Å². The summed E-state index contributed by atoms with van der Waals surface area (Å²) in [5.74, 6) is 2.29. The minimum Gasteiger partial charge on any atom is -0.497 e. The lowest BCUT2D eigenvalue weighted by Gasteiger charge is -2.08. The first-order chi connectivity index (χ1) is 15.2. The molecule has 0 radical (unpaired) electrons. The zero-order valence-corrected chi connectivity index (χ0v) is 17.0. The maximum atomic E-state index is 12.5. The molecule has 3 aromatic carbocycles. The summed E-state index contributed by atoms with van der Waals surface area (Å²) >= 11 is 0. The monoisotopic (exact) mass is 411 g/mol. The van der Waals surface area contributed by atoms with Crippen LogP contribution in [0.2, 0.25) is 0 Å². The van der Waals surface area contributed by atoms with Gasteiger partial charge in [0.05, 0.1) is 7.11 Å². The first-order valence-corrected chi connectivity index (χ1v) is 9.79. The van der Waals surface area contributed by atoms with Crippen LogP contribution < -0.4 is 14.8 Å². The normalized spacial score (nSPS) is 10.4. The van der Waals surface area contributed by atoms with E-state index in [0.717, 1.165) is 16.9 Å². The number of carbonyl (C=O) groups is 1. The molecule has 0 saturated carbocycles. The Morgan fingerprint density at radius 1 is 0.903 bits per heavy atom. The van der Waals surface area contributed by atoms with Crippen molar-refractivity contribution in [3.8, 4) is 28.8 Å². The summed E-state index contributed by atoms with van der Waals surface area (Å²) in [5, 5.41) is 2.92. The molecular weight excluding hydrogens is 390 g/mol. The SMILES string of the molecule is COc1cccc(CNC(=O)c2ccc(-c3nccc(Oc4ccccc4)n3)cc2)c1. The third-order valence-corrected chi connectivity index (χ3v) is 4.59. The van der Waals surface area contributed by atoms with Crippen molar-refractivity contribution >= 4 is 5.91 Å². The molecule has 0 fully saturated rings. The Morgan fingerprint density at radius 3 is 2.45 bits per heavy atom. The fraction of sp³-hybridized carbons (Fsp3) is 0.0800.